The molecule has 0 radical (unpaired) electrons. The normalized spacial score (nSPS) is 24.0. The SMILES string of the molecule is O=C(O)C(F)(F)F.O=C1N(Cc2ccccc2)C[C@@]2(F)CN(Cc3ccccc3[N+](=O)[O-])C[C@@]12F. The number of halogens is 5. The van der Waals surface area contributed by atoms with Crippen LogP contribution in [0.2, 0.25) is 0 Å². The second-order valence-electron chi connectivity index (χ2n) is 8.25. The molecular formula is C22H20F5N3O5. The summed E-state index contributed by atoms with van der Waals surface area (Å²) in [6, 6.07) is 15.2. The Morgan fingerprint density at radius 1 is 1.00 bits per heavy atom. The molecule has 0 bridgehead atoms. The predicted molar refractivity (Wildman–Crippen MR) is 112 cm³/mol. The van der Waals surface area contributed by atoms with E-state index in [1.165, 1.54) is 15.9 Å². The predicted octanol–water partition coefficient (Wildman–Crippen LogP) is 3.50. The van der Waals surface area contributed by atoms with Crippen molar-refractivity contribution in [3.63, 3.8) is 0 Å². The van der Waals surface area contributed by atoms with Gasteiger partial charge in [0.1, 0.15) is 0 Å². The molecule has 1 amide bonds. The van der Waals surface area contributed by atoms with Crippen molar-refractivity contribution in [2.75, 3.05) is 19.6 Å². The van der Waals surface area contributed by atoms with Crippen LogP contribution in [0.1, 0.15) is 11.1 Å². The first-order valence-corrected chi connectivity index (χ1v) is 10.2. The number of benzene rings is 2. The summed E-state index contributed by atoms with van der Waals surface area (Å²) in [6.07, 6.45) is -5.08. The number of hydrogen-bond donors (Lipinski definition) is 1. The van der Waals surface area contributed by atoms with Gasteiger partial charge in [-0.25, -0.2) is 13.6 Å². The lowest BCUT2D eigenvalue weighted by atomic mass is 9.93. The molecule has 2 aliphatic heterocycles. The van der Waals surface area contributed by atoms with Crippen molar-refractivity contribution in [3.05, 3.63) is 75.8 Å². The number of rotatable bonds is 5. The number of carbonyl (C=O) groups excluding carboxylic acids is 1. The number of fused-ring (bicyclic) bond motifs is 1. The molecule has 35 heavy (non-hydrogen) atoms. The van der Waals surface area contributed by atoms with Gasteiger partial charge in [0.25, 0.3) is 11.6 Å². The Balaban J connectivity index is 0.000000429. The molecule has 0 unspecified atom stereocenters. The van der Waals surface area contributed by atoms with E-state index in [0.717, 1.165) is 5.56 Å². The van der Waals surface area contributed by atoms with E-state index in [0.29, 0.717) is 5.56 Å². The van der Waals surface area contributed by atoms with E-state index in [1.54, 1.807) is 30.3 Å². The minimum atomic E-state index is -5.08. The molecule has 2 aromatic rings. The number of likely N-dealkylation sites (tertiary alicyclic amines) is 2. The molecule has 0 saturated carbocycles. The first kappa shape index (κ1) is 26.0. The summed E-state index contributed by atoms with van der Waals surface area (Å²) < 4.78 is 62.7. The van der Waals surface area contributed by atoms with Gasteiger partial charge in [-0.1, -0.05) is 48.5 Å². The highest BCUT2D eigenvalue weighted by Crippen LogP contribution is 2.46. The number of carboxylic acid groups (broad SMARTS) is 1. The fourth-order valence-electron chi connectivity index (χ4n) is 4.15. The maximum absolute atomic E-state index is 15.5. The maximum Gasteiger partial charge on any atom is 0.490 e. The molecule has 2 fully saturated rings. The first-order chi connectivity index (χ1) is 16.3. The highest BCUT2D eigenvalue weighted by molar-refractivity contribution is 5.90. The molecule has 2 heterocycles. The number of nitro benzene ring substituents is 1. The summed E-state index contributed by atoms with van der Waals surface area (Å²) >= 11 is 0. The van der Waals surface area contributed by atoms with E-state index in [-0.39, 0.29) is 31.9 Å². The monoisotopic (exact) mass is 501 g/mol. The fraction of sp³-hybridized carbons (Fsp3) is 0.364. The van der Waals surface area contributed by atoms with Crippen molar-refractivity contribution in [1.29, 1.82) is 0 Å². The zero-order valence-electron chi connectivity index (χ0n) is 18.0. The van der Waals surface area contributed by atoms with Gasteiger partial charge < -0.3 is 10.0 Å². The van der Waals surface area contributed by atoms with Crippen LogP contribution in [-0.2, 0) is 22.7 Å². The second-order valence-corrected chi connectivity index (χ2v) is 8.25. The molecule has 0 aromatic heterocycles. The lowest BCUT2D eigenvalue weighted by Gasteiger charge is -2.22. The van der Waals surface area contributed by atoms with Crippen molar-refractivity contribution in [1.82, 2.24) is 9.80 Å². The summed E-state index contributed by atoms with van der Waals surface area (Å²) in [7, 11) is 0. The molecule has 0 aliphatic carbocycles. The Labute approximate surface area is 195 Å². The zero-order valence-corrected chi connectivity index (χ0v) is 18.0. The van der Waals surface area contributed by atoms with Gasteiger partial charge in [0, 0.05) is 37.8 Å². The lowest BCUT2D eigenvalue weighted by molar-refractivity contribution is -0.385. The minimum absolute atomic E-state index is 0.0143. The van der Waals surface area contributed by atoms with Crippen molar-refractivity contribution in [3.8, 4) is 0 Å². The Kier molecular flexibility index (Phi) is 7.11. The van der Waals surface area contributed by atoms with Gasteiger partial charge in [-0.15, -0.1) is 0 Å². The van der Waals surface area contributed by atoms with E-state index in [9.17, 15) is 28.1 Å². The van der Waals surface area contributed by atoms with Gasteiger partial charge in [0.15, 0.2) is 5.67 Å². The Bertz CT molecular complexity index is 1120. The third-order valence-corrected chi connectivity index (χ3v) is 5.73. The molecule has 4 rings (SSSR count). The summed E-state index contributed by atoms with van der Waals surface area (Å²) in [5.41, 5.74) is -3.89. The molecule has 188 valence electrons. The topological polar surface area (TPSA) is 104 Å². The maximum atomic E-state index is 15.5. The van der Waals surface area contributed by atoms with E-state index >= 15 is 8.78 Å². The standard InChI is InChI=1S/C20H19F2N3O3.C2HF3O2/c21-19-12-23(11-16-8-4-5-9-17(16)25(27)28)14-20(19,22)18(26)24(13-19)10-15-6-2-1-3-7-15;3-2(4,5)1(6)7/h1-9H,10-14H2;(H,6,7)/t19-,20+;/m0./s1. The molecule has 13 heteroatoms. The molecule has 8 nitrogen and oxygen atoms in total. The van der Waals surface area contributed by atoms with Crippen LogP contribution in [0.3, 0.4) is 0 Å². The van der Waals surface area contributed by atoms with Crippen molar-refractivity contribution < 1.29 is 41.6 Å². The number of para-hydroxylation sites is 1. The molecule has 2 atom stereocenters. The van der Waals surface area contributed by atoms with Gasteiger partial charge in [-0.2, -0.15) is 13.2 Å². The van der Waals surface area contributed by atoms with Gasteiger partial charge in [0.2, 0.25) is 5.67 Å². The number of nitro groups is 1. The molecule has 1 N–H and O–H groups in total. The largest absolute Gasteiger partial charge is 0.490 e. The number of amides is 1. The van der Waals surface area contributed by atoms with Crippen molar-refractivity contribution >= 4 is 17.6 Å². The molecule has 0 spiro atoms. The van der Waals surface area contributed by atoms with Gasteiger partial charge in [-0.3, -0.25) is 19.8 Å². The zero-order chi connectivity index (χ0) is 26.0. The number of carbonyl (C=O) groups is 2. The second kappa shape index (κ2) is 9.56. The third kappa shape index (κ3) is 5.39. The Hall–Kier alpha value is -3.61. The number of nitrogens with zero attached hydrogens (tertiary/aromatic N) is 3. The van der Waals surface area contributed by atoms with E-state index in [4.69, 9.17) is 9.90 Å². The van der Waals surface area contributed by atoms with E-state index < -0.39 is 40.9 Å². The van der Waals surface area contributed by atoms with Crippen LogP contribution in [0.5, 0.6) is 0 Å². The van der Waals surface area contributed by atoms with Gasteiger partial charge in [-0.05, 0) is 5.56 Å². The van der Waals surface area contributed by atoms with Gasteiger partial charge >= 0.3 is 12.1 Å². The number of alkyl halides is 5. The van der Waals surface area contributed by atoms with Crippen LogP contribution in [-0.4, -0.2) is 68.9 Å². The fourth-order valence-corrected chi connectivity index (χ4v) is 4.15. The lowest BCUT2D eigenvalue weighted by Crippen LogP contribution is -2.47. The third-order valence-electron chi connectivity index (χ3n) is 5.73. The quantitative estimate of drug-likeness (QED) is 0.382. The minimum Gasteiger partial charge on any atom is -0.475 e. The summed E-state index contributed by atoms with van der Waals surface area (Å²) in [4.78, 5) is 34.9. The summed E-state index contributed by atoms with van der Waals surface area (Å²) in [6.45, 7) is -0.863. The number of aliphatic carboxylic acids is 1. The van der Waals surface area contributed by atoms with Crippen LogP contribution in [0.4, 0.5) is 27.6 Å². The van der Waals surface area contributed by atoms with E-state index in [2.05, 4.69) is 0 Å². The number of hydrogen-bond acceptors (Lipinski definition) is 5. The summed E-state index contributed by atoms with van der Waals surface area (Å²) in [5, 5.41) is 18.3. The number of carboxylic acids is 1. The van der Waals surface area contributed by atoms with Crippen LogP contribution >= 0.6 is 0 Å². The van der Waals surface area contributed by atoms with Crippen LogP contribution < -0.4 is 0 Å². The highest BCUT2D eigenvalue weighted by Gasteiger charge is 2.70. The average Bonchev–Trinajstić information content (AvgIpc) is 3.12. The van der Waals surface area contributed by atoms with Crippen molar-refractivity contribution in [2.45, 2.75) is 30.6 Å². The molecule has 2 saturated heterocycles. The van der Waals surface area contributed by atoms with E-state index in [1.807, 2.05) is 18.2 Å². The summed E-state index contributed by atoms with van der Waals surface area (Å²) in [5.74, 6) is -3.61. The highest BCUT2D eigenvalue weighted by atomic mass is 19.4. The smallest absolute Gasteiger partial charge is 0.475 e. The first-order valence-electron chi connectivity index (χ1n) is 10.2. The van der Waals surface area contributed by atoms with Crippen LogP contribution in [0, 0.1) is 10.1 Å². The average molecular weight is 501 g/mol. The Morgan fingerprint density at radius 3 is 2.11 bits per heavy atom. The molecule has 2 aliphatic rings. The molecule has 2 aromatic carbocycles. The Morgan fingerprint density at radius 2 is 1.57 bits per heavy atom. The molecular weight excluding hydrogens is 481 g/mol. The van der Waals surface area contributed by atoms with Crippen LogP contribution in [0.15, 0.2) is 54.6 Å². The van der Waals surface area contributed by atoms with Gasteiger partial charge in [0.05, 0.1) is 11.5 Å². The van der Waals surface area contributed by atoms with Crippen LogP contribution in [0.25, 0.3) is 0 Å². The van der Waals surface area contributed by atoms with Crippen molar-refractivity contribution in [2.24, 2.45) is 0 Å².